The summed E-state index contributed by atoms with van der Waals surface area (Å²) in [6.07, 6.45) is 3.66. The summed E-state index contributed by atoms with van der Waals surface area (Å²) in [5.41, 5.74) is 0.731. The third kappa shape index (κ3) is 3.49. The van der Waals surface area contributed by atoms with Gasteiger partial charge in [-0.2, -0.15) is 0 Å². The van der Waals surface area contributed by atoms with E-state index in [9.17, 15) is 4.79 Å². The van der Waals surface area contributed by atoms with Crippen LogP contribution in [0.25, 0.3) is 10.8 Å². The summed E-state index contributed by atoms with van der Waals surface area (Å²) >= 11 is 7.16. The molecule has 0 aliphatic heterocycles. The van der Waals surface area contributed by atoms with Crippen LogP contribution in [0, 0.1) is 5.92 Å². The van der Waals surface area contributed by atoms with Crippen LogP contribution in [0.3, 0.4) is 0 Å². The molecule has 2 aromatic rings. The van der Waals surface area contributed by atoms with E-state index in [0.29, 0.717) is 10.7 Å². The molecule has 0 aromatic heterocycles. The number of fused-ring (bicyclic) bond motifs is 1. The van der Waals surface area contributed by atoms with Gasteiger partial charge in [0.2, 0.25) is 0 Å². The molecule has 2 unspecified atom stereocenters. The third-order valence-electron chi connectivity index (χ3n) is 4.16. The van der Waals surface area contributed by atoms with E-state index in [-0.39, 0.29) is 5.91 Å². The Kier molecular flexibility index (Phi) is 4.65. The van der Waals surface area contributed by atoms with Crippen LogP contribution in [0.4, 0.5) is 0 Å². The van der Waals surface area contributed by atoms with Crippen molar-refractivity contribution in [3.63, 3.8) is 0 Å². The molecule has 1 aliphatic rings. The summed E-state index contributed by atoms with van der Waals surface area (Å²) in [5.74, 6) is 0.580. The Morgan fingerprint density at radius 1 is 1.14 bits per heavy atom. The van der Waals surface area contributed by atoms with Gasteiger partial charge >= 0.3 is 0 Å². The first-order valence-electron chi connectivity index (χ1n) is 7.25. The highest BCUT2D eigenvalue weighted by Gasteiger charge is 2.25. The molecule has 2 atom stereocenters. The first kappa shape index (κ1) is 15.0. The fourth-order valence-corrected chi connectivity index (χ4v) is 4.06. The maximum Gasteiger partial charge on any atom is 0.251 e. The van der Waals surface area contributed by atoms with E-state index in [1.165, 1.54) is 19.3 Å². The van der Waals surface area contributed by atoms with Gasteiger partial charge in [-0.25, -0.2) is 0 Å². The number of hydrogen-bond donors (Lipinski definition) is 1. The van der Waals surface area contributed by atoms with Crippen molar-refractivity contribution >= 4 is 48.5 Å². The second kappa shape index (κ2) is 6.49. The van der Waals surface area contributed by atoms with E-state index in [2.05, 4.69) is 43.2 Å². The lowest BCUT2D eigenvalue weighted by Crippen LogP contribution is -2.30. The van der Waals surface area contributed by atoms with Gasteiger partial charge in [-0.05, 0) is 53.8 Å². The Morgan fingerprint density at radius 2 is 1.90 bits per heavy atom. The molecule has 0 bridgehead atoms. The molecule has 2 nitrogen and oxygen atoms in total. The Balaban J connectivity index is 1.71. The lowest BCUT2D eigenvalue weighted by molar-refractivity contribution is 0.0948. The van der Waals surface area contributed by atoms with Gasteiger partial charge in [0.05, 0.1) is 0 Å². The van der Waals surface area contributed by atoms with Gasteiger partial charge in [-0.15, -0.1) is 0 Å². The minimum Gasteiger partial charge on any atom is -0.352 e. The van der Waals surface area contributed by atoms with Gasteiger partial charge in [0.15, 0.2) is 0 Å². The van der Waals surface area contributed by atoms with E-state index in [0.717, 1.165) is 27.4 Å². The topological polar surface area (TPSA) is 29.1 Å². The van der Waals surface area contributed by atoms with Crippen LogP contribution in [0.1, 0.15) is 29.6 Å². The molecule has 1 aliphatic carbocycles. The molecule has 1 saturated carbocycles. The molecule has 4 heteroatoms. The van der Waals surface area contributed by atoms with Crippen LogP contribution in [-0.4, -0.2) is 17.3 Å². The largest absolute Gasteiger partial charge is 0.352 e. The van der Waals surface area contributed by atoms with Crippen molar-refractivity contribution in [2.45, 2.75) is 24.1 Å². The summed E-state index contributed by atoms with van der Waals surface area (Å²) in [7, 11) is 0. The Hall–Kier alpha value is -0.870. The predicted octanol–water partition coefficient (Wildman–Crippen LogP) is 4.90. The standard InChI is InChI=1S/C17H17Br2NO/c18-15-7-6-11-8-13(5-4-12(11)9-15)17(21)20-10-14-2-1-3-16(14)19/h4-9,14,16H,1-3,10H2,(H,20,21). The average molecular weight is 411 g/mol. The highest BCUT2D eigenvalue weighted by atomic mass is 79.9. The SMILES string of the molecule is O=C(NCC1CCCC1Br)c1ccc2cc(Br)ccc2c1. The smallest absolute Gasteiger partial charge is 0.251 e. The van der Waals surface area contributed by atoms with E-state index in [4.69, 9.17) is 0 Å². The molecular weight excluding hydrogens is 394 g/mol. The van der Waals surface area contributed by atoms with Gasteiger partial charge in [-0.1, -0.05) is 50.4 Å². The van der Waals surface area contributed by atoms with Gasteiger partial charge in [0.1, 0.15) is 0 Å². The Labute approximate surface area is 141 Å². The zero-order valence-corrected chi connectivity index (χ0v) is 14.8. The number of benzene rings is 2. The van der Waals surface area contributed by atoms with Crippen LogP contribution in [0.5, 0.6) is 0 Å². The van der Waals surface area contributed by atoms with E-state index in [1.807, 2.05) is 30.3 Å². The summed E-state index contributed by atoms with van der Waals surface area (Å²) in [6.45, 7) is 0.757. The number of rotatable bonds is 3. The van der Waals surface area contributed by atoms with Crippen LogP contribution >= 0.6 is 31.9 Å². The van der Waals surface area contributed by atoms with Crippen LogP contribution in [0.15, 0.2) is 40.9 Å². The predicted molar refractivity (Wildman–Crippen MR) is 94.0 cm³/mol. The number of alkyl halides is 1. The molecule has 1 fully saturated rings. The maximum absolute atomic E-state index is 12.3. The fraction of sp³-hybridized carbons (Fsp3) is 0.353. The lowest BCUT2D eigenvalue weighted by atomic mass is 10.1. The van der Waals surface area contributed by atoms with Crippen molar-refractivity contribution in [3.05, 3.63) is 46.4 Å². The molecule has 1 amide bonds. The summed E-state index contributed by atoms with van der Waals surface area (Å²) in [5, 5.41) is 5.29. The van der Waals surface area contributed by atoms with Crippen molar-refractivity contribution in [3.8, 4) is 0 Å². The number of nitrogens with one attached hydrogen (secondary N) is 1. The van der Waals surface area contributed by atoms with E-state index >= 15 is 0 Å². The molecule has 2 aromatic carbocycles. The van der Waals surface area contributed by atoms with Crippen LogP contribution in [0.2, 0.25) is 0 Å². The second-order valence-electron chi connectivity index (χ2n) is 5.62. The molecule has 0 spiro atoms. The molecule has 0 heterocycles. The van der Waals surface area contributed by atoms with Crippen molar-refractivity contribution in [1.29, 1.82) is 0 Å². The Bertz CT molecular complexity index is 671. The molecule has 110 valence electrons. The monoisotopic (exact) mass is 409 g/mol. The van der Waals surface area contributed by atoms with E-state index in [1.54, 1.807) is 0 Å². The first-order valence-corrected chi connectivity index (χ1v) is 8.96. The van der Waals surface area contributed by atoms with Crippen LogP contribution in [-0.2, 0) is 0 Å². The van der Waals surface area contributed by atoms with Crippen molar-refractivity contribution in [1.82, 2.24) is 5.32 Å². The average Bonchev–Trinajstić information content (AvgIpc) is 2.89. The minimum atomic E-state index is 0.0198. The maximum atomic E-state index is 12.3. The quantitative estimate of drug-likeness (QED) is 0.716. The van der Waals surface area contributed by atoms with Gasteiger partial charge in [0.25, 0.3) is 5.91 Å². The number of carbonyl (C=O) groups excluding carboxylic acids is 1. The second-order valence-corrected chi connectivity index (χ2v) is 7.72. The molecular formula is C17H17Br2NO. The first-order chi connectivity index (χ1) is 10.1. The minimum absolute atomic E-state index is 0.0198. The van der Waals surface area contributed by atoms with Gasteiger partial charge in [0, 0.05) is 21.4 Å². The Morgan fingerprint density at radius 3 is 2.67 bits per heavy atom. The summed E-state index contributed by atoms with van der Waals surface area (Å²) < 4.78 is 1.05. The fourth-order valence-electron chi connectivity index (χ4n) is 2.91. The molecule has 0 radical (unpaired) electrons. The zero-order chi connectivity index (χ0) is 14.8. The molecule has 3 rings (SSSR count). The van der Waals surface area contributed by atoms with Crippen LogP contribution < -0.4 is 5.32 Å². The highest BCUT2D eigenvalue weighted by Crippen LogP contribution is 2.31. The molecule has 1 N–H and O–H groups in total. The molecule has 21 heavy (non-hydrogen) atoms. The molecule has 0 saturated heterocycles. The van der Waals surface area contributed by atoms with Crippen molar-refractivity contribution in [2.24, 2.45) is 5.92 Å². The summed E-state index contributed by atoms with van der Waals surface area (Å²) in [6, 6.07) is 11.9. The van der Waals surface area contributed by atoms with Crippen molar-refractivity contribution in [2.75, 3.05) is 6.54 Å². The van der Waals surface area contributed by atoms with Gasteiger partial charge in [-0.3, -0.25) is 4.79 Å². The van der Waals surface area contributed by atoms with Gasteiger partial charge < -0.3 is 5.32 Å². The number of hydrogen-bond acceptors (Lipinski definition) is 1. The normalized spacial score (nSPS) is 21.6. The lowest BCUT2D eigenvalue weighted by Gasteiger charge is -2.14. The summed E-state index contributed by atoms with van der Waals surface area (Å²) in [4.78, 5) is 12.8. The number of amides is 1. The van der Waals surface area contributed by atoms with Crippen molar-refractivity contribution < 1.29 is 4.79 Å². The highest BCUT2D eigenvalue weighted by molar-refractivity contribution is 9.10. The third-order valence-corrected chi connectivity index (χ3v) is 5.85. The van der Waals surface area contributed by atoms with E-state index < -0.39 is 0 Å². The number of halogens is 2. The zero-order valence-electron chi connectivity index (χ0n) is 11.6. The number of carbonyl (C=O) groups is 1.